The largest absolute Gasteiger partial charge is 0.219 e. The van der Waals surface area contributed by atoms with E-state index in [2.05, 4.69) is 80.6 Å². The Morgan fingerprint density at radius 2 is 0.444 bits per heavy atom. The highest BCUT2D eigenvalue weighted by molar-refractivity contribution is 3.07. The Kier molecular flexibility index (Phi) is 15.6. The fourth-order valence-electron chi connectivity index (χ4n) is 0.161. The Morgan fingerprint density at radius 3 is 0.611 bits per heavy atom. The second kappa shape index (κ2) is 16.3. The van der Waals surface area contributed by atoms with E-state index in [1.165, 1.54) is 0 Å². The highest BCUT2D eigenvalue weighted by atomic mass is 18.0. The number of rotatable bonds is 15. The van der Waals surface area contributed by atoms with Gasteiger partial charge in [0.15, 0.2) is 0 Å². The molecule has 18 heteroatoms. The molecule has 0 radical (unpaired) electrons. The predicted octanol–water partition coefficient (Wildman–Crippen LogP) is -1.08. The minimum Gasteiger partial charge on any atom is -0.219 e. The quantitative estimate of drug-likeness (QED) is 0.210. The van der Waals surface area contributed by atoms with E-state index in [9.17, 15) is 0 Å². The standard InChI is InChI=1S/H2O18/c1-3-5-7-9-11-13-15-17-18-16-14-12-10-8-6-4-2/h1-2H. The summed E-state index contributed by atoms with van der Waals surface area (Å²) in [5, 5.41) is 68.0. The summed E-state index contributed by atoms with van der Waals surface area (Å²) in [7, 11) is 0. The first-order chi connectivity index (χ1) is 8.91. The fraction of sp³-hybridized carbons (Fsp3) is 0. The van der Waals surface area contributed by atoms with Gasteiger partial charge in [0, 0.05) is 0 Å². The van der Waals surface area contributed by atoms with E-state index in [0.717, 1.165) is 0 Å². The lowest BCUT2D eigenvalue weighted by Crippen LogP contribution is -2.04. The van der Waals surface area contributed by atoms with E-state index >= 15 is 0 Å². The zero-order chi connectivity index (χ0) is 13.3. The van der Waals surface area contributed by atoms with Crippen molar-refractivity contribution in [3.05, 3.63) is 0 Å². The van der Waals surface area contributed by atoms with Gasteiger partial charge in [-0.05, 0) is 80.6 Å². The third-order valence-electron chi connectivity index (χ3n) is 0.422. The second-order valence-electron chi connectivity index (χ2n) is 1.10. The topological polar surface area (TPSA) is 188 Å². The van der Waals surface area contributed by atoms with Crippen LogP contribution in [0.2, 0.25) is 0 Å². The zero-order valence-corrected chi connectivity index (χ0v) is 7.43. The SMILES string of the molecule is OOOOOOOOOOOOOOOOOO. The molecule has 0 atom stereocenters. The van der Waals surface area contributed by atoms with E-state index in [1.54, 1.807) is 0 Å². The van der Waals surface area contributed by atoms with Crippen molar-refractivity contribution in [2.24, 2.45) is 0 Å². The molecule has 0 amide bonds. The molecule has 110 valence electrons. The molecule has 18 heavy (non-hydrogen) atoms. The summed E-state index contributed by atoms with van der Waals surface area (Å²) in [5.74, 6) is 0. The molecular weight excluding hydrogens is 288 g/mol. The first kappa shape index (κ1) is 17.3. The van der Waals surface area contributed by atoms with Gasteiger partial charge in [0.2, 0.25) is 0 Å². The molecule has 0 fully saturated rings. The average molecular weight is 290 g/mol. The van der Waals surface area contributed by atoms with E-state index in [-0.39, 0.29) is 0 Å². The van der Waals surface area contributed by atoms with Crippen LogP contribution in [0.3, 0.4) is 0 Å². The van der Waals surface area contributed by atoms with Crippen molar-refractivity contribution in [2.75, 3.05) is 0 Å². The summed E-state index contributed by atoms with van der Waals surface area (Å²) in [6.45, 7) is 0. The predicted molar refractivity (Wildman–Crippen MR) is 22.6 cm³/mol. The Labute approximate surface area is 92.6 Å². The van der Waals surface area contributed by atoms with Gasteiger partial charge in [-0.2, -0.15) is 0 Å². The molecule has 0 aromatic carbocycles. The molecule has 0 heterocycles. The molecule has 0 rings (SSSR count). The lowest BCUT2D eigenvalue weighted by molar-refractivity contribution is -0.889. The number of hydrogen-bond donors (Lipinski definition) is 2. The second-order valence-corrected chi connectivity index (χ2v) is 1.10. The summed E-state index contributed by atoms with van der Waals surface area (Å²) in [5.41, 5.74) is 0. The van der Waals surface area contributed by atoms with Crippen molar-refractivity contribution in [1.29, 1.82) is 0 Å². The summed E-state index contributed by atoms with van der Waals surface area (Å²) >= 11 is 0. The Bertz CT molecular complexity index is 112. The van der Waals surface area contributed by atoms with Crippen LogP contribution in [0.1, 0.15) is 0 Å². The molecule has 0 aliphatic heterocycles. The first-order valence-electron chi connectivity index (χ1n) is 2.87. The van der Waals surface area contributed by atoms with Crippen LogP contribution >= 0.6 is 0 Å². The molecule has 0 unspecified atom stereocenters. The maximum atomic E-state index is 7.47. The van der Waals surface area contributed by atoms with E-state index in [1.807, 2.05) is 0 Å². The molecule has 0 saturated heterocycles. The minimum atomic E-state index is 2.87. The molecule has 2 N–H and O–H groups in total. The first-order valence-corrected chi connectivity index (χ1v) is 2.87. The van der Waals surface area contributed by atoms with Crippen LogP contribution in [-0.4, -0.2) is 10.5 Å². The lowest BCUT2D eigenvalue weighted by atomic mass is 14.0. The zero-order valence-electron chi connectivity index (χ0n) is 7.43. The van der Waals surface area contributed by atoms with Gasteiger partial charge in [-0.3, -0.25) is 0 Å². The van der Waals surface area contributed by atoms with Crippen molar-refractivity contribution in [1.82, 2.24) is 0 Å². The fourth-order valence-corrected chi connectivity index (χ4v) is 0.161. The molecule has 18 nitrogen and oxygen atoms in total. The van der Waals surface area contributed by atoms with Gasteiger partial charge in [0.05, 0.1) is 0 Å². The Morgan fingerprint density at radius 1 is 0.278 bits per heavy atom. The summed E-state index contributed by atoms with van der Waals surface area (Å²) in [6.07, 6.45) is 0. The van der Waals surface area contributed by atoms with Crippen molar-refractivity contribution < 1.29 is 91.1 Å². The highest BCUT2D eigenvalue weighted by Gasteiger charge is 1.98. The van der Waals surface area contributed by atoms with Gasteiger partial charge < -0.3 is 0 Å². The monoisotopic (exact) mass is 290 g/mol. The average Bonchev–Trinajstić information content (AvgIpc) is 2.39. The molecule has 0 spiro atoms. The third kappa shape index (κ3) is 15.3. The lowest BCUT2D eigenvalue weighted by Gasteiger charge is -1.97. The van der Waals surface area contributed by atoms with Crippen LogP contribution in [0.25, 0.3) is 0 Å². The molecular formula is H2O18. The van der Waals surface area contributed by atoms with Gasteiger partial charge in [-0.25, -0.2) is 10.5 Å². The van der Waals surface area contributed by atoms with Gasteiger partial charge in [-0.1, -0.05) is 0 Å². The van der Waals surface area contributed by atoms with Crippen molar-refractivity contribution in [3.63, 3.8) is 0 Å². The van der Waals surface area contributed by atoms with E-state index < -0.39 is 0 Å². The van der Waals surface area contributed by atoms with Gasteiger partial charge in [-0.15, -0.1) is 0 Å². The Balaban J connectivity index is 2.86. The van der Waals surface area contributed by atoms with Crippen molar-refractivity contribution >= 4 is 0 Å². The molecule has 0 bridgehead atoms. The summed E-state index contributed by atoms with van der Waals surface area (Å²) in [6, 6.07) is 0. The maximum Gasteiger partial charge on any atom is -0.0000000000000000526 e. The van der Waals surface area contributed by atoms with Gasteiger partial charge >= 0.3 is 0 Å². The highest BCUT2D eigenvalue weighted by Crippen LogP contribution is 1.92. The molecule has 0 saturated carbocycles. The maximum absolute atomic E-state index is 7.47. The van der Waals surface area contributed by atoms with E-state index in [4.69, 9.17) is 10.5 Å². The smallest absolute Gasteiger partial charge is 0.0000000000000000526 e. The van der Waals surface area contributed by atoms with Gasteiger partial charge in [0.25, 0.3) is 0 Å². The molecule has 0 aromatic heterocycles. The third-order valence-corrected chi connectivity index (χ3v) is 0.422. The van der Waals surface area contributed by atoms with Crippen LogP contribution in [-0.2, 0) is 80.6 Å². The van der Waals surface area contributed by atoms with Crippen LogP contribution < -0.4 is 0 Å². The molecule has 0 aliphatic carbocycles. The summed E-state index contributed by atoms with van der Waals surface area (Å²) < 4.78 is 0. The van der Waals surface area contributed by atoms with Crippen LogP contribution in [0.5, 0.6) is 0 Å². The molecule has 0 aliphatic rings. The summed E-state index contributed by atoms with van der Waals surface area (Å²) in [4.78, 5) is 0. The van der Waals surface area contributed by atoms with Crippen molar-refractivity contribution in [3.8, 4) is 0 Å². The van der Waals surface area contributed by atoms with Crippen LogP contribution in [0.15, 0.2) is 0 Å². The van der Waals surface area contributed by atoms with Crippen LogP contribution in [0, 0.1) is 0 Å². The number of hydrogen-bond acceptors (Lipinski definition) is 18. The van der Waals surface area contributed by atoms with Crippen LogP contribution in [0.4, 0.5) is 0 Å². The Hall–Kier alpha value is -0.720. The normalized spacial score (nSPS) is 11.0. The van der Waals surface area contributed by atoms with E-state index in [0.29, 0.717) is 0 Å². The molecule has 0 aromatic rings. The van der Waals surface area contributed by atoms with Gasteiger partial charge in [0.1, 0.15) is 0 Å². The van der Waals surface area contributed by atoms with Crippen molar-refractivity contribution in [2.45, 2.75) is 0 Å². The minimum absolute atomic E-state index is 2.87.